The van der Waals surface area contributed by atoms with E-state index in [0.29, 0.717) is 30.1 Å². The summed E-state index contributed by atoms with van der Waals surface area (Å²) in [5.41, 5.74) is -0.0804. The normalized spacial score (nSPS) is 13.4. The maximum atomic E-state index is 14.2. The smallest absolute Gasteiger partial charge is 0.417 e. The molecule has 0 aliphatic carbocycles. The number of halogens is 7. The fourth-order valence-electron chi connectivity index (χ4n) is 3.98. The summed E-state index contributed by atoms with van der Waals surface area (Å²) in [6.07, 6.45) is -3.37. The predicted molar refractivity (Wildman–Crippen MR) is 129 cm³/mol. The Morgan fingerprint density at radius 3 is 2.48 bits per heavy atom. The van der Waals surface area contributed by atoms with Gasteiger partial charge in [0, 0.05) is 12.5 Å². The molecule has 0 atom stereocenters. The quantitative estimate of drug-likeness (QED) is 0.270. The molecular formula is C26H19F7N6O. The van der Waals surface area contributed by atoms with Crippen LogP contribution >= 0.6 is 0 Å². The van der Waals surface area contributed by atoms with Crippen LogP contribution in [0, 0.1) is 11.6 Å². The van der Waals surface area contributed by atoms with Crippen molar-refractivity contribution < 1.29 is 35.5 Å². The van der Waals surface area contributed by atoms with Gasteiger partial charge < -0.3 is 9.72 Å². The van der Waals surface area contributed by atoms with E-state index in [4.69, 9.17) is 4.74 Å². The van der Waals surface area contributed by atoms with Gasteiger partial charge in [0.25, 0.3) is 5.92 Å². The van der Waals surface area contributed by atoms with Crippen LogP contribution in [-0.4, -0.2) is 43.9 Å². The van der Waals surface area contributed by atoms with E-state index < -0.39 is 35.9 Å². The van der Waals surface area contributed by atoms with Gasteiger partial charge in [-0.1, -0.05) is 6.07 Å². The largest absolute Gasteiger partial charge is 0.487 e. The Kier molecular flexibility index (Phi) is 6.94. The summed E-state index contributed by atoms with van der Waals surface area (Å²) in [6.45, 7) is -0.121. The Bertz CT molecular complexity index is 1560. The van der Waals surface area contributed by atoms with E-state index in [9.17, 15) is 30.7 Å². The molecule has 4 aromatic rings. The Balaban J connectivity index is 1.31. The van der Waals surface area contributed by atoms with Gasteiger partial charge in [-0.15, -0.1) is 0 Å². The number of hydrazone groups is 1. The number of alkyl halides is 5. The van der Waals surface area contributed by atoms with Crippen LogP contribution < -0.4 is 4.74 Å². The molecule has 0 saturated heterocycles. The molecule has 0 fully saturated rings. The molecular weight excluding hydrogens is 545 g/mol. The number of rotatable bonds is 7. The molecule has 7 nitrogen and oxygen atoms in total. The van der Waals surface area contributed by atoms with E-state index in [0.717, 1.165) is 18.2 Å². The number of fused-ring (bicyclic) bond motifs is 1. The van der Waals surface area contributed by atoms with Gasteiger partial charge in [0.2, 0.25) is 0 Å². The topological polar surface area (TPSA) is 79.3 Å². The highest BCUT2D eigenvalue weighted by Gasteiger charge is 2.35. The third-order valence-electron chi connectivity index (χ3n) is 5.83. The minimum Gasteiger partial charge on any atom is -0.487 e. The number of aromatic nitrogens is 4. The van der Waals surface area contributed by atoms with E-state index in [-0.39, 0.29) is 41.5 Å². The van der Waals surface area contributed by atoms with Crippen LogP contribution in [0.5, 0.6) is 5.75 Å². The summed E-state index contributed by atoms with van der Waals surface area (Å²) >= 11 is 0. The lowest BCUT2D eigenvalue weighted by Crippen LogP contribution is -2.22. The van der Waals surface area contributed by atoms with Crippen LogP contribution in [-0.2, 0) is 19.3 Å². The molecule has 0 spiro atoms. The molecule has 3 heterocycles. The second-order valence-electron chi connectivity index (χ2n) is 9.09. The number of nitrogens with zero attached hydrogens (tertiary/aromatic N) is 5. The van der Waals surface area contributed by atoms with Crippen LogP contribution in [0.3, 0.4) is 0 Å². The van der Waals surface area contributed by atoms with Crippen LogP contribution in [0.4, 0.5) is 30.7 Å². The number of ether oxygens (including phenoxy) is 1. The summed E-state index contributed by atoms with van der Waals surface area (Å²) < 4.78 is 99.9. The first-order chi connectivity index (χ1) is 18.9. The number of aromatic amines is 1. The Hall–Kier alpha value is -4.49. The number of hydrogen-bond donors (Lipinski definition) is 1. The van der Waals surface area contributed by atoms with Crippen LogP contribution in [0.2, 0.25) is 0 Å². The van der Waals surface area contributed by atoms with E-state index in [1.54, 1.807) is 5.01 Å². The van der Waals surface area contributed by atoms with E-state index in [2.05, 4.69) is 25.3 Å². The molecule has 0 saturated carbocycles. The van der Waals surface area contributed by atoms with Crippen molar-refractivity contribution in [2.24, 2.45) is 5.10 Å². The van der Waals surface area contributed by atoms with Gasteiger partial charge in [-0.05, 0) is 42.5 Å². The number of nitrogens with one attached hydrogen (secondary N) is 1. The average molecular weight is 564 g/mol. The highest BCUT2D eigenvalue weighted by molar-refractivity contribution is 5.80. The van der Waals surface area contributed by atoms with Crippen molar-refractivity contribution in [3.8, 4) is 28.4 Å². The molecule has 1 N–H and O–H groups in total. The lowest BCUT2D eigenvalue weighted by Gasteiger charge is -2.21. The van der Waals surface area contributed by atoms with E-state index >= 15 is 0 Å². The van der Waals surface area contributed by atoms with Crippen molar-refractivity contribution in [3.63, 3.8) is 0 Å². The fourth-order valence-corrected chi connectivity index (χ4v) is 3.98. The molecule has 208 valence electrons. The maximum absolute atomic E-state index is 14.2. The van der Waals surface area contributed by atoms with Crippen molar-refractivity contribution in [2.75, 3.05) is 6.61 Å². The molecule has 0 radical (unpaired) electrons. The molecule has 2 aromatic carbocycles. The predicted octanol–water partition coefficient (Wildman–Crippen LogP) is 6.21. The van der Waals surface area contributed by atoms with Crippen molar-refractivity contribution >= 4 is 6.21 Å². The number of H-pyrrole nitrogens is 1. The molecule has 1 aliphatic heterocycles. The zero-order chi connectivity index (χ0) is 28.7. The standard InChI is InChI=1S/C26H19F7N6O/c1-25(29,30)13-40-15-6-7-16(18(9-15)26(31,32)33)20-8-5-14(37-38-20)11-39-12-22-21(10-34-39)35-24(36-22)17-3-2-4-19(27)23(17)28/h2-10H,11-13H2,1H3,(H,35,36). The SMILES string of the molecule is CC(F)(F)COc1ccc(-c2ccc(CN3Cc4[nH]c(-c5cccc(F)c5F)nc4C=N3)nn2)c(C(F)(F)F)c1. The monoisotopic (exact) mass is 564 g/mol. The molecule has 1 aliphatic rings. The van der Waals surface area contributed by atoms with Crippen LogP contribution in [0.15, 0.2) is 53.6 Å². The lowest BCUT2D eigenvalue weighted by atomic mass is 10.0. The Morgan fingerprint density at radius 1 is 0.975 bits per heavy atom. The van der Waals surface area contributed by atoms with Gasteiger partial charge >= 0.3 is 6.18 Å². The van der Waals surface area contributed by atoms with Gasteiger partial charge in [-0.3, -0.25) is 5.01 Å². The molecule has 0 unspecified atom stereocenters. The Morgan fingerprint density at radius 2 is 1.77 bits per heavy atom. The van der Waals surface area contributed by atoms with Gasteiger partial charge in [0.05, 0.1) is 47.5 Å². The zero-order valence-electron chi connectivity index (χ0n) is 20.6. The van der Waals surface area contributed by atoms with Gasteiger partial charge in [0.1, 0.15) is 17.3 Å². The minimum atomic E-state index is -4.80. The summed E-state index contributed by atoms with van der Waals surface area (Å²) in [5, 5.41) is 13.8. The Labute approximate surface area is 222 Å². The second kappa shape index (κ2) is 10.2. The minimum absolute atomic E-state index is 0.0306. The molecule has 0 bridgehead atoms. The van der Waals surface area contributed by atoms with Crippen molar-refractivity contribution in [1.29, 1.82) is 0 Å². The summed E-state index contributed by atoms with van der Waals surface area (Å²) in [7, 11) is 0. The van der Waals surface area contributed by atoms with Gasteiger partial charge in [0.15, 0.2) is 18.2 Å². The third kappa shape index (κ3) is 5.90. The maximum Gasteiger partial charge on any atom is 0.417 e. The van der Waals surface area contributed by atoms with E-state index in [1.165, 1.54) is 30.5 Å². The van der Waals surface area contributed by atoms with Gasteiger partial charge in [-0.2, -0.15) is 28.5 Å². The number of hydrogen-bond acceptors (Lipinski definition) is 6. The van der Waals surface area contributed by atoms with Crippen LogP contribution in [0.1, 0.15) is 29.6 Å². The van der Waals surface area contributed by atoms with Crippen molar-refractivity contribution in [1.82, 2.24) is 25.2 Å². The first kappa shape index (κ1) is 27.1. The first-order valence-corrected chi connectivity index (χ1v) is 11.7. The molecule has 5 rings (SSSR count). The molecule has 2 aromatic heterocycles. The van der Waals surface area contributed by atoms with Crippen molar-refractivity contribution in [2.45, 2.75) is 32.1 Å². The highest BCUT2D eigenvalue weighted by atomic mass is 19.4. The fraction of sp³-hybridized carbons (Fsp3) is 0.231. The number of benzene rings is 2. The first-order valence-electron chi connectivity index (χ1n) is 11.7. The summed E-state index contributed by atoms with van der Waals surface area (Å²) in [6, 6.07) is 9.48. The van der Waals surface area contributed by atoms with Crippen molar-refractivity contribution in [3.05, 3.63) is 82.8 Å². The molecule has 14 heteroatoms. The second-order valence-corrected chi connectivity index (χ2v) is 9.09. The van der Waals surface area contributed by atoms with E-state index in [1.807, 2.05) is 0 Å². The van der Waals surface area contributed by atoms with Gasteiger partial charge in [-0.25, -0.2) is 22.5 Å². The lowest BCUT2D eigenvalue weighted by molar-refractivity contribution is -0.137. The third-order valence-corrected chi connectivity index (χ3v) is 5.83. The summed E-state index contributed by atoms with van der Waals surface area (Å²) in [4.78, 5) is 7.22. The number of imidazole rings is 1. The highest BCUT2D eigenvalue weighted by Crippen LogP contribution is 2.38. The van der Waals surface area contributed by atoms with Crippen LogP contribution in [0.25, 0.3) is 22.6 Å². The molecule has 0 amide bonds. The zero-order valence-corrected chi connectivity index (χ0v) is 20.6. The summed E-state index contributed by atoms with van der Waals surface area (Å²) in [5.74, 6) is -5.46. The average Bonchev–Trinajstić information content (AvgIpc) is 3.32. The molecule has 40 heavy (non-hydrogen) atoms.